The number of thioether (sulfide) groups is 1. The Morgan fingerprint density at radius 3 is 1.85 bits per heavy atom. The number of aliphatic imine (C=N–C) groups is 2. The zero-order valence-corrected chi connectivity index (χ0v) is 49.4. The van der Waals surface area contributed by atoms with Crippen molar-refractivity contribution in [1.29, 1.82) is 0 Å². The van der Waals surface area contributed by atoms with Crippen LogP contribution in [0, 0.1) is 17.8 Å². The first-order valence-corrected chi connectivity index (χ1v) is 28.3. The van der Waals surface area contributed by atoms with Crippen LogP contribution in [0.2, 0.25) is 0 Å². The van der Waals surface area contributed by atoms with Gasteiger partial charge in [-0.15, -0.1) is 0 Å². The molecule has 1 fully saturated rings. The predicted molar refractivity (Wildman–Crippen MR) is 312 cm³/mol. The van der Waals surface area contributed by atoms with Gasteiger partial charge in [-0.2, -0.15) is 11.8 Å². The summed E-state index contributed by atoms with van der Waals surface area (Å²) in [5.41, 5.74) is 23.7. The molecule has 1 heterocycles. The van der Waals surface area contributed by atoms with Gasteiger partial charge in [0.05, 0.1) is 24.0 Å². The van der Waals surface area contributed by atoms with Gasteiger partial charge in [-0.25, -0.2) is 14.4 Å². The van der Waals surface area contributed by atoms with Gasteiger partial charge < -0.3 is 85.1 Å². The van der Waals surface area contributed by atoms with E-state index in [9.17, 15) is 68.1 Å². The maximum Gasteiger partial charge on any atom is 0.327 e. The van der Waals surface area contributed by atoms with E-state index in [-0.39, 0.29) is 74.2 Å². The molecule has 0 aliphatic carbocycles. The van der Waals surface area contributed by atoms with Gasteiger partial charge in [-0.05, 0) is 57.9 Å². The molecule has 1 aliphatic heterocycles. The van der Waals surface area contributed by atoms with Crippen molar-refractivity contribution in [3.05, 3.63) is 59.7 Å². The Kier molecular flexibility index (Phi) is 31.1. The first kappa shape index (κ1) is 71.8. The number of allylic oxidation sites excluding steroid dienone is 2. The number of guanidine groups is 2. The number of nitrogens with two attached hydrogens (primary N) is 4. The van der Waals surface area contributed by atoms with Crippen LogP contribution in [0.15, 0.2) is 64.1 Å². The maximum absolute atomic E-state index is 14.5. The van der Waals surface area contributed by atoms with E-state index in [1.165, 1.54) is 33.9 Å². The minimum atomic E-state index is -2.01. The molecule has 12 atom stereocenters. The number of rotatable bonds is 23. The number of methoxy groups -OCH3 is 1. The average Bonchev–Trinajstić information content (AvgIpc) is 3.64. The molecular formula is C54H84N14O15S. The Bertz CT molecular complexity index is 2580. The molecule has 84 heavy (non-hydrogen) atoms. The molecule has 1 aromatic rings. The van der Waals surface area contributed by atoms with Crippen molar-refractivity contribution in [2.75, 3.05) is 38.8 Å². The summed E-state index contributed by atoms with van der Waals surface area (Å²) in [5, 5.41) is 47.8. The molecule has 29 nitrogen and oxygen atoms in total. The van der Waals surface area contributed by atoms with Gasteiger partial charge >= 0.3 is 17.9 Å². The van der Waals surface area contributed by atoms with E-state index >= 15 is 0 Å². The first-order chi connectivity index (χ1) is 39.5. The van der Waals surface area contributed by atoms with Gasteiger partial charge in [0, 0.05) is 58.0 Å². The predicted octanol–water partition coefficient (Wildman–Crippen LogP) is -2.20. The lowest BCUT2D eigenvalue weighted by atomic mass is 9.94. The molecule has 2 rings (SSSR count). The van der Waals surface area contributed by atoms with Crippen molar-refractivity contribution in [1.82, 2.24) is 42.1 Å². The summed E-state index contributed by atoms with van der Waals surface area (Å²) in [6.07, 6.45) is 3.91. The lowest BCUT2D eigenvalue weighted by Gasteiger charge is -2.29. The largest absolute Gasteiger partial charge is 0.480 e. The number of likely N-dealkylation sites (N-methyl/N-ethyl adjacent to an activating group) is 1. The lowest BCUT2D eigenvalue weighted by molar-refractivity contribution is -0.146. The van der Waals surface area contributed by atoms with Gasteiger partial charge in [0.25, 0.3) is 0 Å². The van der Waals surface area contributed by atoms with Crippen LogP contribution in [0.4, 0.5) is 0 Å². The second-order valence-electron chi connectivity index (χ2n) is 20.4. The summed E-state index contributed by atoms with van der Waals surface area (Å²) in [6, 6.07) is -2.82. The molecule has 0 aromatic heterocycles. The second kappa shape index (κ2) is 36.3. The molecule has 1 unspecified atom stereocenters. The van der Waals surface area contributed by atoms with Crippen molar-refractivity contribution in [3.8, 4) is 0 Å². The molecule has 1 saturated heterocycles. The van der Waals surface area contributed by atoms with Crippen LogP contribution in [-0.2, 0) is 63.9 Å². The lowest BCUT2D eigenvalue weighted by Crippen LogP contribution is -2.59. The molecule has 0 spiro atoms. The Morgan fingerprint density at radius 1 is 0.762 bits per heavy atom. The highest BCUT2D eigenvalue weighted by Gasteiger charge is 2.38. The normalized spacial score (nSPS) is 24.2. The fourth-order valence-corrected chi connectivity index (χ4v) is 9.71. The Balaban J connectivity index is 2.85. The molecule has 30 heteroatoms. The van der Waals surface area contributed by atoms with E-state index in [0.29, 0.717) is 12.0 Å². The van der Waals surface area contributed by atoms with Crippen LogP contribution >= 0.6 is 11.8 Å². The number of carbonyl (C=O) groups excluding carboxylic acids is 8. The standard InChI is InChI=1S/C54H84N14O15S/c1-28(24-29(2)41(83-8)25-34-14-10-9-11-15-34)18-19-35-30(3)44(71)66-38(50(77)78)20-21-42(70)68(7)40(27-84-26-39(51(79)80)62-33(6)69)49(76)61-32(5)46(73)65-37(17-13-23-60-54(57)58)48(75)67-43(52(81)82)31(4)45(72)64-36(47(74)63-35)16-12-22-59-53(55)56/h9-11,14-15,18-19,24,29-32,35-41,43H,12-13,16-17,20-23,25-27H2,1-8H3,(H,61,76)(H,62,69)(H,63,74)(H,64,72)(H,65,73)(H,66,71)(H,67,75)(H,77,78)(H,79,80)(H,81,82)(H4,55,56,59)(H4,57,58,60)/b19-18+,28-24+/t29-,30-,31-,32+,35-,36-,37-,38+,39-,40?,41-,43+/m0/s1. The minimum Gasteiger partial charge on any atom is -0.480 e. The fraction of sp³-hybridized carbons (Fsp3) is 0.574. The summed E-state index contributed by atoms with van der Waals surface area (Å²) in [5.74, 6) is -16.4. The van der Waals surface area contributed by atoms with Crippen LogP contribution < -0.4 is 60.2 Å². The van der Waals surface area contributed by atoms with Crippen LogP contribution in [0.5, 0.6) is 0 Å². The Labute approximate surface area is 492 Å². The molecular weight excluding hydrogens is 1120 g/mol. The number of hydrogen-bond acceptors (Lipinski definition) is 15. The number of nitrogens with one attached hydrogen (secondary N) is 7. The zero-order valence-electron chi connectivity index (χ0n) is 48.6. The van der Waals surface area contributed by atoms with Gasteiger partial charge in [0.2, 0.25) is 47.3 Å². The number of carboxylic acid groups (broad SMARTS) is 3. The number of amides is 8. The molecule has 466 valence electrons. The highest BCUT2D eigenvalue weighted by Crippen LogP contribution is 2.19. The van der Waals surface area contributed by atoms with Gasteiger partial charge in [0.15, 0.2) is 11.9 Å². The van der Waals surface area contributed by atoms with Crippen LogP contribution in [0.1, 0.15) is 85.6 Å². The van der Waals surface area contributed by atoms with E-state index in [4.69, 9.17) is 27.7 Å². The number of carboxylic acids is 3. The van der Waals surface area contributed by atoms with E-state index in [2.05, 4.69) is 47.2 Å². The summed E-state index contributed by atoms with van der Waals surface area (Å²) in [7, 11) is 2.79. The van der Waals surface area contributed by atoms with Crippen LogP contribution in [0.25, 0.3) is 0 Å². The third kappa shape index (κ3) is 25.5. The molecule has 0 bridgehead atoms. The molecule has 1 aliphatic rings. The summed E-state index contributed by atoms with van der Waals surface area (Å²) in [6.45, 7) is 8.51. The van der Waals surface area contributed by atoms with E-state index in [0.717, 1.165) is 29.1 Å². The first-order valence-electron chi connectivity index (χ1n) is 27.1. The maximum atomic E-state index is 14.5. The molecule has 0 radical (unpaired) electrons. The van der Waals surface area contributed by atoms with E-state index < -0.39 is 138 Å². The SMILES string of the molecule is CO[C@@H](Cc1ccccc1)[C@@H](C)/C=C(C)/C=C/[C@@H]1NC(=O)[C@H](CCCN=C(N)N)NC(=O)[C@@H](C)[C@H](C(=O)O)NC(=O)[C@H](CCCN=C(N)N)NC(=O)[C@@H](C)NC(=O)C(CSC[C@H](NC(C)=O)C(=O)O)N(C)C(=O)CC[C@H](C(=O)O)NC(=O)[C@H]1C. The monoisotopic (exact) mass is 1200 g/mol. The van der Waals surface area contributed by atoms with Gasteiger partial charge in [-0.3, -0.25) is 48.3 Å². The van der Waals surface area contributed by atoms with Crippen molar-refractivity contribution >= 4 is 88.8 Å². The number of nitrogens with zero attached hydrogens (tertiary/aromatic N) is 3. The summed E-state index contributed by atoms with van der Waals surface area (Å²) in [4.78, 5) is 157. The number of benzene rings is 1. The van der Waals surface area contributed by atoms with Crippen molar-refractivity contribution < 1.29 is 72.8 Å². The van der Waals surface area contributed by atoms with Gasteiger partial charge in [0.1, 0.15) is 42.3 Å². The third-order valence-electron chi connectivity index (χ3n) is 13.6. The molecule has 8 amide bonds. The number of ether oxygens (including phenoxy) is 1. The molecule has 0 saturated carbocycles. The van der Waals surface area contributed by atoms with Crippen molar-refractivity contribution in [3.63, 3.8) is 0 Å². The van der Waals surface area contributed by atoms with E-state index in [1.54, 1.807) is 20.1 Å². The molecule has 1 aromatic carbocycles. The van der Waals surface area contributed by atoms with Crippen LogP contribution in [-0.4, -0.2) is 190 Å². The third-order valence-corrected chi connectivity index (χ3v) is 14.7. The second-order valence-corrected chi connectivity index (χ2v) is 21.4. The topological polar surface area (TPSA) is 474 Å². The highest BCUT2D eigenvalue weighted by molar-refractivity contribution is 7.99. The smallest absolute Gasteiger partial charge is 0.327 e. The number of aliphatic carboxylic acids is 3. The number of carbonyl (C=O) groups is 11. The fourth-order valence-electron chi connectivity index (χ4n) is 8.52. The van der Waals surface area contributed by atoms with Gasteiger partial charge in [-0.1, -0.05) is 74.9 Å². The highest BCUT2D eigenvalue weighted by atomic mass is 32.2. The van der Waals surface area contributed by atoms with Crippen molar-refractivity contribution in [2.24, 2.45) is 50.7 Å². The zero-order chi connectivity index (χ0) is 63.4. The molecule has 18 N–H and O–H groups in total. The average molecular weight is 1200 g/mol. The number of hydrogen-bond donors (Lipinski definition) is 14. The van der Waals surface area contributed by atoms with Crippen LogP contribution in [0.3, 0.4) is 0 Å². The quantitative estimate of drug-likeness (QED) is 0.0239. The Morgan fingerprint density at radius 2 is 1.32 bits per heavy atom. The summed E-state index contributed by atoms with van der Waals surface area (Å²) < 4.78 is 5.83. The van der Waals surface area contributed by atoms with E-state index in [1.807, 2.05) is 43.3 Å². The van der Waals surface area contributed by atoms with Crippen molar-refractivity contribution in [2.45, 2.75) is 141 Å². The minimum absolute atomic E-state index is 0.0252. The Hall–Kier alpha value is -8.28. The summed E-state index contributed by atoms with van der Waals surface area (Å²) >= 11 is 0.839.